The Morgan fingerprint density at radius 1 is 1.69 bits per heavy atom. The molecule has 2 N–H and O–H groups in total. The minimum atomic E-state index is -1.03. The van der Waals surface area contributed by atoms with Crippen LogP contribution >= 0.6 is 27.3 Å². The van der Waals surface area contributed by atoms with Gasteiger partial charge in [-0.25, -0.2) is 4.98 Å². The molecule has 0 aliphatic heterocycles. The zero-order valence-corrected chi connectivity index (χ0v) is 8.96. The molecule has 0 fully saturated rings. The summed E-state index contributed by atoms with van der Waals surface area (Å²) in [6.45, 7) is 0. The molecular formula is C7H8BrNO3S. The van der Waals surface area contributed by atoms with E-state index >= 15 is 0 Å². The van der Waals surface area contributed by atoms with Gasteiger partial charge in [0, 0.05) is 10.7 Å². The van der Waals surface area contributed by atoms with Gasteiger partial charge in [0.15, 0.2) is 6.29 Å². The van der Waals surface area contributed by atoms with Crippen LogP contribution in [0.3, 0.4) is 0 Å². The second-order valence-corrected chi connectivity index (χ2v) is 3.93. The molecule has 0 aromatic carbocycles. The van der Waals surface area contributed by atoms with Crippen molar-refractivity contribution in [3.63, 3.8) is 0 Å². The smallest absolute Gasteiger partial charge is 0.169 e. The Labute approximate surface area is 87.4 Å². The number of hydrogen-bond donors (Lipinski definition) is 2. The van der Waals surface area contributed by atoms with Gasteiger partial charge in [0.2, 0.25) is 0 Å². The van der Waals surface area contributed by atoms with Crippen LogP contribution in [0.15, 0.2) is 5.38 Å². The Hall–Kier alpha value is -0.300. The molecule has 1 aromatic heterocycles. The average molecular weight is 266 g/mol. The van der Waals surface area contributed by atoms with E-state index in [1.165, 1.54) is 5.38 Å². The molecule has 72 valence electrons. The number of aliphatic hydroxyl groups is 2. The summed E-state index contributed by atoms with van der Waals surface area (Å²) in [5.41, 5.74) is 0.279. The summed E-state index contributed by atoms with van der Waals surface area (Å²) < 4.78 is 0. The lowest BCUT2D eigenvalue weighted by atomic mass is 10.2. The highest BCUT2D eigenvalue weighted by Crippen LogP contribution is 2.21. The summed E-state index contributed by atoms with van der Waals surface area (Å²) in [7, 11) is 0. The predicted molar refractivity (Wildman–Crippen MR) is 52.3 cm³/mol. The van der Waals surface area contributed by atoms with Crippen molar-refractivity contribution in [1.82, 2.24) is 4.98 Å². The maximum absolute atomic E-state index is 10.3. The third-order valence-electron chi connectivity index (χ3n) is 1.44. The lowest BCUT2D eigenvalue weighted by molar-refractivity contribution is 0.0340. The number of carbonyl (C=O) groups excluding carboxylic acids is 1. The fourth-order valence-corrected chi connectivity index (χ4v) is 1.90. The second kappa shape index (κ2) is 4.80. The highest BCUT2D eigenvalue weighted by molar-refractivity contribution is 9.09. The first-order valence-electron chi connectivity index (χ1n) is 3.51. The molecule has 0 saturated heterocycles. The van der Waals surface area contributed by atoms with Gasteiger partial charge in [0.05, 0.1) is 6.10 Å². The van der Waals surface area contributed by atoms with E-state index in [1.807, 2.05) is 0 Å². The van der Waals surface area contributed by atoms with Crippen LogP contribution in [0.25, 0.3) is 0 Å². The highest BCUT2D eigenvalue weighted by atomic mass is 79.9. The molecule has 2 atom stereocenters. The van der Waals surface area contributed by atoms with Crippen molar-refractivity contribution < 1.29 is 15.0 Å². The van der Waals surface area contributed by atoms with E-state index in [9.17, 15) is 15.0 Å². The van der Waals surface area contributed by atoms with E-state index in [4.69, 9.17) is 0 Å². The topological polar surface area (TPSA) is 70.4 Å². The number of hydrogen-bond acceptors (Lipinski definition) is 5. The number of alkyl halides is 1. The molecule has 1 rings (SSSR count). The number of nitrogens with zero attached hydrogens (tertiary/aromatic N) is 1. The first kappa shape index (κ1) is 10.8. The lowest BCUT2D eigenvalue weighted by Crippen LogP contribution is -2.19. The van der Waals surface area contributed by atoms with E-state index in [2.05, 4.69) is 20.9 Å². The van der Waals surface area contributed by atoms with Crippen LogP contribution in [0.1, 0.15) is 21.6 Å². The van der Waals surface area contributed by atoms with E-state index in [0.29, 0.717) is 11.3 Å². The first-order valence-corrected chi connectivity index (χ1v) is 5.52. The summed E-state index contributed by atoms with van der Waals surface area (Å²) >= 11 is 4.19. The molecule has 4 nitrogen and oxygen atoms in total. The number of aromatic nitrogens is 1. The zero-order chi connectivity index (χ0) is 9.84. The lowest BCUT2D eigenvalue weighted by Gasteiger charge is -2.11. The van der Waals surface area contributed by atoms with Gasteiger partial charge in [-0.15, -0.1) is 11.3 Å². The predicted octanol–water partition coefficient (Wildman–Crippen LogP) is 0.745. The number of aliphatic hydroxyl groups excluding tert-OH is 2. The monoisotopic (exact) mass is 265 g/mol. The Kier molecular flexibility index (Phi) is 3.98. The van der Waals surface area contributed by atoms with Crippen LogP contribution < -0.4 is 0 Å². The molecule has 2 unspecified atom stereocenters. The Morgan fingerprint density at radius 3 is 2.85 bits per heavy atom. The molecule has 0 saturated carbocycles. The molecule has 6 heteroatoms. The second-order valence-electron chi connectivity index (χ2n) is 2.39. The molecule has 13 heavy (non-hydrogen) atoms. The molecule has 0 aliphatic rings. The summed E-state index contributed by atoms with van der Waals surface area (Å²) in [5, 5.41) is 20.9. The van der Waals surface area contributed by atoms with Crippen molar-refractivity contribution in [3.8, 4) is 0 Å². The Balaban J connectivity index is 2.76. The van der Waals surface area contributed by atoms with Gasteiger partial charge in [-0.05, 0) is 0 Å². The van der Waals surface area contributed by atoms with Crippen LogP contribution in [-0.2, 0) is 0 Å². The fraction of sp³-hybridized carbons (Fsp3) is 0.429. The third kappa shape index (κ3) is 2.57. The van der Waals surface area contributed by atoms with Gasteiger partial charge in [-0.2, -0.15) is 0 Å². The van der Waals surface area contributed by atoms with Crippen LogP contribution in [0.5, 0.6) is 0 Å². The molecule has 0 amide bonds. The molecule has 1 aromatic rings. The molecule has 0 aliphatic carbocycles. The molecule has 0 bridgehead atoms. The van der Waals surface area contributed by atoms with E-state index in [-0.39, 0.29) is 11.0 Å². The minimum Gasteiger partial charge on any atom is -0.389 e. The van der Waals surface area contributed by atoms with Crippen molar-refractivity contribution in [2.75, 3.05) is 5.33 Å². The zero-order valence-electron chi connectivity index (χ0n) is 6.55. The van der Waals surface area contributed by atoms with Gasteiger partial charge < -0.3 is 10.2 Å². The number of thiazole rings is 1. The summed E-state index contributed by atoms with van der Waals surface area (Å²) in [4.78, 5) is 14.1. The molecule has 1 heterocycles. The molecule has 0 radical (unpaired) electrons. The standard InChI is InChI=1S/C7H8BrNO3S/c8-1-5(11)6(12)7-9-4(2-10)3-13-7/h2-3,5-6,11-12H,1H2. The fourth-order valence-electron chi connectivity index (χ4n) is 0.740. The average Bonchev–Trinajstić information content (AvgIpc) is 2.63. The van der Waals surface area contributed by atoms with Gasteiger partial charge in [-0.1, -0.05) is 15.9 Å². The number of rotatable bonds is 4. The molecular weight excluding hydrogens is 258 g/mol. The van der Waals surface area contributed by atoms with Crippen LogP contribution in [0, 0.1) is 0 Å². The largest absolute Gasteiger partial charge is 0.389 e. The van der Waals surface area contributed by atoms with Crippen LogP contribution in [-0.4, -0.2) is 32.9 Å². The number of aldehydes is 1. The van der Waals surface area contributed by atoms with Gasteiger partial charge >= 0.3 is 0 Å². The highest BCUT2D eigenvalue weighted by Gasteiger charge is 2.20. The van der Waals surface area contributed by atoms with E-state index in [0.717, 1.165) is 11.3 Å². The van der Waals surface area contributed by atoms with Gasteiger partial charge in [0.1, 0.15) is 16.8 Å². The van der Waals surface area contributed by atoms with Crippen molar-refractivity contribution in [2.45, 2.75) is 12.2 Å². The molecule has 0 spiro atoms. The SMILES string of the molecule is O=Cc1csc(C(O)C(O)CBr)n1. The van der Waals surface area contributed by atoms with Crippen molar-refractivity contribution in [1.29, 1.82) is 0 Å². The van der Waals surface area contributed by atoms with Crippen molar-refractivity contribution in [2.24, 2.45) is 0 Å². The summed E-state index contributed by atoms with van der Waals surface area (Å²) in [6.07, 6.45) is -1.32. The third-order valence-corrected chi connectivity index (χ3v) is 3.03. The van der Waals surface area contributed by atoms with Crippen LogP contribution in [0.4, 0.5) is 0 Å². The normalized spacial score (nSPS) is 15.3. The Morgan fingerprint density at radius 2 is 2.38 bits per heavy atom. The van der Waals surface area contributed by atoms with Gasteiger partial charge in [-0.3, -0.25) is 4.79 Å². The van der Waals surface area contributed by atoms with Crippen LogP contribution in [0.2, 0.25) is 0 Å². The van der Waals surface area contributed by atoms with E-state index in [1.54, 1.807) is 0 Å². The summed E-state index contributed by atoms with van der Waals surface area (Å²) in [5.74, 6) is 0. The quantitative estimate of drug-likeness (QED) is 0.623. The minimum absolute atomic E-state index is 0.268. The van der Waals surface area contributed by atoms with Crippen molar-refractivity contribution >= 4 is 33.6 Å². The van der Waals surface area contributed by atoms with E-state index < -0.39 is 12.2 Å². The Bertz CT molecular complexity index is 291. The maximum Gasteiger partial charge on any atom is 0.169 e. The van der Waals surface area contributed by atoms with Crippen molar-refractivity contribution in [3.05, 3.63) is 16.1 Å². The number of halogens is 1. The summed E-state index contributed by atoms with van der Waals surface area (Å²) in [6, 6.07) is 0. The maximum atomic E-state index is 10.3. The van der Waals surface area contributed by atoms with Gasteiger partial charge in [0.25, 0.3) is 0 Å². The number of carbonyl (C=O) groups is 1. The first-order chi connectivity index (χ1) is 6.19.